The van der Waals surface area contributed by atoms with Gasteiger partial charge >= 0.3 is 0 Å². The number of carbonyl (C=O) groups is 2. The predicted molar refractivity (Wildman–Crippen MR) is 81.1 cm³/mol. The molecule has 0 atom stereocenters. The molecule has 1 aliphatic rings. The van der Waals surface area contributed by atoms with Crippen LogP contribution in [0.1, 0.15) is 30.6 Å². The molecule has 2 rings (SSSR count). The Morgan fingerprint density at radius 3 is 2.67 bits per heavy atom. The molecule has 0 spiro atoms. The number of fused-ring (bicyclic) bond motifs is 1. The molecule has 0 bridgehead atoms. The molecule has 21 heavy (non-hydrogen) atoms. The van der Waals surface area contributed by atoms with Crippen LogP contribution in [0.25, 0.3) is 0 Å². The van der Waals surface area contributed by atoms with Crippen LogP contribution in [0, 0.1) is 11.7 Å². The van der Waals surface area contributed by atoms with Crippen molar-refractivity contribution in [2.75, 3.05) is 24.7 Å². The number of hydrogen-bond acceptors (Lipinski definition) is 3. The summed E-state index contributed by atoms with van der Waals surface area (Å²) in [6.45, 7) is 5.38. The summed E-state index contributed by atoms with van der Waals surface area (Å²) in [5, 5.41) is 0. The van der Waals surface area contributed by atoms with Gasteiger partial charge in [-0.05, 0) is 40.4 Å². The van der Waals surface area contributed by atoms with Crippen molar-refractivity contribution >= 4 is 33.3 Å². The molecule has 0 radical (unpaired) electrons. The summed E-state index contributed by atoms with van der Waals surface area (Å²) in [4.78, 5) is 25.1. The normalized spacial score (nSPS) is 14.2. The molecule has 0 N–H and O–H groups in total. The molecule has 1 aromatic rings. The zero-order valence-electron chi connectivity index (χ0n) is 12.0. The quantitative estimate of drug-likeness (QED) is 0.580. The second-order valence-corrected chi connectivity index (χ2v) is 6.22. The number of halogens is 2. The fourth-order valence-corrected chi connectivity index (χ4v) is 2.43. The van der Waals surface area contributed by atoms with Crippen LogP contribution in [0.2, 0.25) is 0 Å². The second kappa shape index (κ2) is 6.66. The summed E-state index contributed by atoms with van der Waals surface area (Å²) in [7, 11) is 0. The van der Waals surface area contributed by atoms with E-state index in [9.17, 15) is 14.0 Å². The second-order valence-electron chi connectivity index (χ2n) is 5.36. The van der Waals surface area contributed by atoms with Crippen molar-refractivity contribution in [2.45, 2.75) is 20.3 Å². The first-order chi connectivity index (χ1) is 9.91. The number of ether oxygens (including phenoxy) is 1. The molecule has 6 heteroatoms. The van der Waals surface area contributed by atoms with Gasteiger partial charge in [0.1, 0.15) is 5.82 Å². The van der Waals surface area contributed by atoms with Gasteiger partial charge in [0.25, 0.3) is 11.7 Å². The Bertz CT molecular complexity index is 574. The van der Waals surface area contributed by atoms with E-state index in [-0.39, 0.29) is 16.6 Å². The maximum atomic E-state index is 13.6. The van der Waals surface area contributed by atoms with Gasteiger partial charge in [0, 0.05) is 13.2 Å². The number of rotatable bonds is 6. The number of benzene rings is 1. The van der Waals surface area contributed by atoms with Crippen molar-refractivity contribution in [1.29, 1.82) is 0 Å². The van der Waals surface area contributed by atoms with E-state index in [0.29, 0.717) is 24.8 Å². The summed E-state index contributed by atoms with van der Waals surface area (Å²) < 4.78 is 19.2. The third-order valence-corrected chi connectivity index (χ3v) is 3.92. The van der Waals surface area contributed by atoms with Crippen LogP contribution in [-0.2, 0) is 9.53 Å². The Hall–Kier alpha value is -1.27. The zero-order valence-corrected chi connectivity index (χ0v) is 13.6. The number of carbonyl (C=O) groups excluding carboxylic acids is 2. The number of amides is 1. The Balaban J connectivity index is 2.03. The van der Waals surface area contributed by atoms with Crippen LogP contribution < -0.4 is 4.90 Å². The molecule has 0 saturated heterocycles. The summed E-state index contributed by atoms with van der Waals surface area (Å²) >= 11 is 3.02. The van der Waals surface area contributed by atoms with E-state index in [2.05, 4.69) is 29.8 Å². The lowest BCUT2D eigenvalue weighted by molar-refractivity contribution is -0.114. The molecule has 0 saturated carbocycles. The van der Waals surface area contributed by atoms with Gasteiger partial charge in [-0.1, -0.05) is 13.8 Å². The van der Waals surface area contributed by atoms with Crippen molar-refractivity contribution in [2.24, 2.45) is 5.92 Å². The van der Waals surface area contributed by atoms with Gasteiger partial charge < -0.3 is 9.64 Å². The maximum absolute atomic E-state index is 13.6. The fraction of sp³-hybridized carbons (Fsp3) is 0.467. The highest BCUT2D eigenvalue weighted by Gasteiger charge is 2.36. The number of ketones is 1. The Morgan fingerprint density at radius 2 is 2.00 bits per heavy atom. The first-order valence-electron chi connectivity index (χ1n) is 6.84. The summed E-state index contributed by atoms with van der Waals surface area (Å²) in [6, 6.07) is 2.56. The Morgan fingerprint density at radius 1 is 1.29 bits per heavy atom. The molecular weight excluding hydrogens is 341 g/mol. The topological polar surface area (TPSA) is 46.6 Å². The van der Waals surface area contributed by atoms with Gasteiger partial charge in [-0.15, -0.1) is 0 Å². The summed E-state index contributed by atoms with van der Waals surface area (Å²) in [5.74, 6) is -1.18. The minimum Gasteiger partial charge on any atom is -0.380 e. The van der Waals surface area contributed by atoms with Crippen molar-refractivity contribution in [3.63, 3.8) is 0 Å². The van der Waals surface area contributed by atoms with Gasteiger partial charge in [0.15, 0.2) is 0 Å². The predicted octanol–water partition coefficient (Wildman–Crippen LogP) is 3.18. The average molecular weight is 358 g/mol. The standard InChI is InChI=1S/C15H17BrFNO3/c1-9(2)3-5-21-6-4-18-13-8-12(17)11(16)7-10(13)14(19)15(18)20/h7-9H,3-6H2,1-2H3. The first kappa shape index (κ1) is 16.1. The van der Waals surface area contributed by atoms with Crippen LogP contribution in [0.3, 0.4) is 0 Å². The van der Waals surface area contributed by atoms with Crippen LogP contribution in [0.4, 0.5) is 10.1 Å². The largest absolute Gasteiger partial charge is 0.380 e. The van der Waals surface area contributed by atoms with E-state index in [0.717, 1.165) is 6.42 Å². The third kappa shape index (κ3) is 3.49. The highest BCUT2D eigenvalue weighted by molar-refractivity contribution is 9.10. The smallest absolute Gasteiger partial charge is 0.299 e. The van der Waals surface area contributed by atoms with Crippen molar-refractivity contribution in [3.8, 4) is 0 Å². The van der Waals surface area contributed by atoms with Crippen molar-refractivity contribution < 1.29 is 18.7 Å². The van der Waals surface area contributed by atoms with Crippen molar-refractivity contribution in [3.05, 3.63) is 28.0 Å². The van der Waals surface area contributed by atoms with Gasteiger partial charge in [0.05, 0.1) is 22.3 Å². The van der Waals surface area contributed by atoms with E-state index < -0.39 is 17.5 Å². The van der Waals surface area contributed by atoms with Crippen LogP contribution >= 0.6 is 15.9 Å². The van der Waals surface area contributed by atoms with E-state index in [4.69, 9.17) is 4.74 Å². The Labute approximate surface area is 131 Å². The molecule has 0 fully saturated rings. The monoisotopic (exact) mass is 357 g/mol. The summed E-state index contributed by atoms with van der Waals surface area (Å²) in [6.07, 6.45) is 0.936. The number of anilines is 1. The van der Waals surface area contributed by atoms with Crippen LogP contribution in [0.15, 0.2) is 16.6 Å². The number of Topliss-reactive ketones (excluding diaryl/α,β-unsaturated/α-hetero) is 1. The van der Waals surface area contributed by atoms with Gasteiger partial charge in [0.2, 0.25) is 0 Å². The third-order valence-electron chi connectivity index (χ3n) is 3.31. The van der Waals surface area contributed by atoms with E-state index >= 15 is 0 Å². The number of hydrogen-bond donors (Lipinski definition) is 0. The molecule has 1 aromatic carbocycles. The summed E-state index contributed by atoms with van der Waals surface area (Å²) in [5.41, 5.74) is 0.550. The van der Waals surface area contributed by atoms with Gasteiger partial charge in [-0.2, -0.15) is 0 Å². The molecule has 114 valence electrons. The molecule has 1 heterocycles. The minimum atomic E-state index is -0.630. The van der Waals surface area contributed by atoms with E-state index in [1.54, 1.807) is 0 Å². The maximum Gasteiger partial charge on any atom is 0.299 e. The fourth-order valence-electron chi connectivity index (χ4n) is 2.09. The minimum absolute atomic E-state index is 0.178. The highest BCUT2D eigenvalue weighted by atomic mass is 79.9. The van der Waals surface area contributed by atoms with Crippen LogP contribution in [0.5, 0.6) is 0 Å². The highest BCUT2D eigenvalue weighted by Crippen LogP contribution is 2.33. The molecular formula is C15H17BrFNO3. The molecule has 4 nitrogen and oxygen atoms in total. The zero-order chi connectivity index (χ0) is 15.6. The van der Waals surface area contributed by atoms with Gasteiger partial charge in [-0.3, -0.25) is 9.59 Å². The van der Waals surface area contributed by atoms with E-state index in [1.807, 2.05) is 0 Å². The van der Waals surface area contributed by atoms with Crippen LogP contribution in [-0.4, -0.2) is 31.4 Å². The Kier molecular flexibility index (Phi) is 5.11. The lowest BCUT2D eigenvalue weighted by Gasteiger charge is -2.17. The van der Waals surface area contributed by atoms with E-state index in [1.165, 1.54) is 17.0 Å². The SMILES string of the molecule is CC(C)CCOCCN1C(=O)C(=O)c2cc(Br)c(F)cc21. The molecule has 1 amide bonds. The first-order valence-corrected chi connectivity index (χ1v) is 7.64. The average Bonchev–Trinajstić information content (AvgIpc) is 2.64. The molecule has 0 aliphatic carbocycles. The van der Waals surface area contributed by atoms with Gasteiger partial charge in [-0.25, -0.2) is 4.39 Å². The molecule has 0 unspecified atom stereocenters. The lowest BCUT2D eigenvalue weighted by atomic mass is 10.1. The number of nitrogens with zero attached hydrogens (tertiary/aromatic N) is 1. The molecule has 1 aliphatic heterocycles. The lowest BCUT2D eigenvalue weighted by Crippen LogP contribution is -2.33. The van der Waals surface area contributed by atoms with Crippen molar-refractivity contribution in [1.82, 2.24) is 0 Å². The molecule has 0 aromatic heterocycles.